The van der Waals surface area contributed by atoms with Gasteiger partial charge in [0.05, 0.1) is 12.1 Å². The summed E-state index contributed by atoms with van der Waals surface area (Å²) < 4.78 is 27.7. The molecule has 0 radical (unpaired) electrons. The van der Waals surface area contributed by atoms with Crippen LogP contribution in [0, 0.1) is 11.8 Å². The molecular weight excluding hydrogens is 388 g/mol. The highest BCUT2D eigenvalue weighted by Gasteiger charge is 2.11. The highest BCUT2D eigenvalue weighted by atomic mass is 19.1. The average Bonchev–Trinajstić information content (AvgIpc) is 2.75. The molecular formula is C22H15F2N5O. The number of benzene rings is 1. The van der Waals surface area contributed by atoms with E-state index < -0.39 is 11.8 Å². The van der Waals surface area contributed by atoms with Gasteiger partial charge in [-0.25, -0.2) is 14.4 Å². The second-order valence-corrected chi connectivity index (χ2v) is 6.45. The van der Waals surface area contributed by atoms with Gasteiger partial charge in [0.2, 0.25) is 11.9 Å². The summed E-state index contributed by atoms with van der Waals surface area (Å²) >= 11 is 0. The molecule has 0 fully saturated rings. The van der Waals surface area contributed by atoms with Gasteiger partial charge in [0.25, 0.3) is 0 Å². The molecule has 1 aromatic carbocycles. The Hall–Kier alpha value is -4.07. The summed E-state index contributed by atoms with van der Waals surface area (Å²) in [6.07, 6.45) is 4.40. The summed E-state index contributed by atoms with van der Waals surface area (Å²) in [5.74, 6) is -1.20. The van der Waals surface area contributed by atoms with Crippen LogP contribution in [0.2, 0.25) is 0 Å². The molecule has 0 aliphatic heterocycles. The van der Waals surface area contributed by atoms with Gasteiger partial charge in [0.1, 0.15) is 11.6 Å². The summed E-state index contributed by atoms with van der Waals surface area (Å²) in [5, 5.41) is 10.5. The first kappa shape index (κ1) is 19.3. The van der Waals surface area contributed by atoms with Gasteiger partial charge in [-0.1, -0.05) is 12.1 Å². The highest BCUT2D eigenvalue weighted by Crippen LogP contribution is 2.24. The number of halogens is 2. The number of anilines is 1. The molecule has 0 spiro atoms. The normalized spacial score (nSPS) is 10.6. The Morgan fingerprint density at radius 1 is 0.933 bits per heavy atom. The quantitative estimate of drug-likeness (QED) is 0.508. The zero-order chi connectivity index (χ0) is 20.9. The SMILES string of the molecule is O=C(Cc1ccc(-c2ccnc(F)c2)c(F)c1)Nc1ccc(-c2cccnn2)cn1. The number of hydrogen-bond donors (Lipinski definition) is 1. The molecule has 0 aliphatic carbocycles. The van der Waals surface area contributed by atoms with Gasteiger partial charge in [-0.15, -0.1) is 0 Å². The van der Waals surface area contributed by atoms with E-state index in [2.05, 4.69) is 25.5 Å². The van der Waals surface area contributed by atoms with Crippen LogP contribution >= 0.6 is 0 Å². The largest absolute Gasteiger partial charge is 0.310 e. The standard InChI is InChI=1S/C22H15F2N5O/c23-18-10-14(3-5-17(18)15-7-9-25-20(24)12-15)11-22(30)28-21-6-4-16(13-26-21)19-2-1-8-27-29-19/h1-10,12-13H,11H2,(H,26,28,30). The van der Waals surface area contributed by atoms with Crippen LogP contribution in [-0.4, -0.2) is 26.1 Å². The van der Waals surface area contributed by atoms with E-state index in [1.165, 1.54) is 24.4 Å². The van der Waals surface area contributed by atoms with Crippen molar-refractivity contribution < 1.29 is 13.6 Å². The number of amides is 1. The van der Waals surface area contributed by atoms with Gasteiger partial charge < -0.3 is 5.32 Å². The first-order valence-electron chi connectivity index (χ1n) is 9.03. The molecule has 0 saturated heterocycles. The lowest BCUT2D eigenvalue weighted by Gasteiger charge is -2.08. The molecule has 0 aliphatic rings. The van der Waals surface area contributed by atoms with Gasteiger partial charge >= 0.3 is 0 Å². The predicted octanol–water partition coefficient (Wildman–Crippen LogP) is 4.06. The number of nitrogens with one attached hydrogen (secondary N) is 1. The second-order valence-electron chi connectivity index (χ2n) is 6.45. The minimum Gasteiger partial charge on any atom is -0.310 e. The summed E-state index contributed by atoms with van der Waals surface area (Å²) in [4.78, 5) is 20.0. The van der Waals surface area contributed by atoms with Crippen molar-refractivity contribution in [3.05, 3.63) is 90.5 Å². The molecule has 6 nitrogen and oxygen atoms in total. The maximum absolute atomic E-state index is 14.5. The van der Waals surface area contributed by atoms with Crippen molar-refractivity contribution >= 4 is 11.7 Å². The van der Waals surface area contributed by atoms with Crippen LogP contribution in [0.3, 0.4) is 0 Å². The zero-order valence-corrected chi connectivity index (χ0v) is 15.6. The van der Waals surface area contributed by atoms with Crippen molar-refractivity contribution in [1.82, 2.24) is 20.2 Å². The van der Waals surface area contributed by atoms with E-state index in [-0.39, 0.29) is 17.9 Å². The van der Waals surface area contributed by atoms with Crippen molar-refractivity contribution in [2.24, 2.45) is 0 Å². The van der Waals surface area contributed by atoms with Gasteiger partial charge in [-0.05, 0) is 47.5 Å². The van der Waals surface area contributed by atoms with E-state index in [1.54, 1.807) is 42.7 Å². The van der Waals surface area contributed by atoms with Crippen LogP contribution in [0.25, 0.3) is 22.4 Å². The van der Waals surface area contributed by atoms with E-state index >= 15 is 0 Å². The number of hydrogen-bond acceptors (Lipinski definition) is 5. The molecule has 3 aromatic heterocycles. The average molecular weight is 403 g/mol. The first-order valence-corrected chi connectivity index (χ1v) is 9.03. The van der Waals surface area contributed by atoms with Gasteiger partial charge in [0.15, 0.2) is 0 Å². The minimum atomic E-state index is -0.687. The second kappa shape index (κ2) is 8.52. The summed E-state index contributed by atoms with van der Waals surface area (Å²) in [7, 11) is 0. The zero-order valence-electron chi connectivity index (χ0n) is 15.6. The third-order valence-electron chi connectivity index (χ3n) is 4.33. The fourth-order valence-electron chi connectivity index (χ4n) is 2.92. The lowest BCUT2D eigenvalue weighted by atomic mass is 10.0. The Balaban J connectivity index is 1.42. The van der Waals surface area contributed by atoms with Crippen LogP contribution in [0.15, 0.2) is 73.2 Å². The lowest BCUT2D eigenvalue weighted by Crippen LogP contribution is -2.15. The third kappa shape index (κ3) is 4.49. The van der Waals surface area contributed by atoms with Gasteiger partial charge in [-0.3, -0.25) is 4.79 Å². The topological polar surface area (TPSA) is 80.7 Å². The molecule has 0 saturated carbocycles. The predicted molar refractivity (Wildman–Crippen MR) is 107 cm³/mol. The molecule has 4 aromatic rings. The summed E-state index contributed by atoms with van der Waals surface area (Å²) in [6.45, 7) is 0. The van der Waals surface area contributed by atoms with E-state index in [9.17, 15) is 13.6 Å². The number of rotatable bonds is 5. The number of pyridine rings is 2. The molecule has 0 bridgehead atoms. The van der Waals surface area contributed by atoms with Crippen molar-refractivity contribution in [3.63, 3.8) is 0 Å². The summed E-state index contributed by atoms with van der Waals surface area (Å²) in [5.41, 5.74) is 2.54. The Morgan fingerprint density at radius 2 is 1.83 bits per heavy atom. The molecule has 4 rings (SSSR count). The van der Waals surface area contributed by atoms with E-state index in [0.29, 0.717) is 22.6 Å². The number of carbonyl (C=O) groups is 1. The summed E-state index contributed by atoms with van der Waals surface area (Å²) in [6, 6.07) is 14.1. The van der Waals surface area contributed by atoms with Gasteiger partial charge in [-0.2, -0.15) is 14.6 Å². The smallest absolute Gasteiger partial charge is 0.229 e. The Morgan fingerprint density at radius 3 is 2.53 bits per heavy atom. The van der Waals surface area contributed by atoms with Crippen molar-refractivity contribution in [1.29, 1.82) is 0 Å². The molecule has 3 heterocycles. The van der Waals surface area contributed by atoms with Crippen molar-refractivity contribution in [2.45, 2.75) is 6.42 Å². The molecule has 0 atom stereocenters. The molecule has 0 unspecified atom stereocenters. The minimum absolute atomic E-state index is 0.0322. The van der Waals surface area contributed by atoms with Crippen LogP contribution in [0.4, 0.5) is 14.6 Å². The Bertz CT molecular complexity index is 1180. The molecule has 1 N–H and O–H groups in total. The number of aromatic nitrogens is 4. The van der Waals surface area contributed by atoms with Crippen LogP contribution in [-0.2, 0) is 11.2 Å². The fraction of sp³-hybridized carbons (Fsp3) is 0.0455. The van der Waals surface area contributed by atoms with Crippen LogP contribution < -0.4 is 5.32 Å². The maximum Gasteiger partial charge on any atom is 0.229 e. The highest BCUT2D eigenvalue weighted by molar-refractivity contribution is 5.91. The Labute approximate surface area is 170 Å². The van der Waals surface area contributed by atoms with Crippen molar-refractivity contribution in [2.75, 3.05) is 5.32 Å². The van der Waals surface area contributed by atoms with Crippen molar-refractivity contribution in [3.8, 4) is 22.4 Å². The molecule has 1 amide bonds. The van der Waals surface area contributed by atoms with E-state index in [4.69, 9.17) is 0 Å². The molecule has 148 valence electrons. The monoisotopic (exact) mass is 403 g/mol. The van der Waals surface area contributed by atoms with Gasteiger partial charge in [0, 0.05) is 35.8 Å². The molecule has 8 heteroatoms. The maximum atomic E-state index is 14.5. The lowest BCUT2D eigenvalue weighted by molar-refractivity contribution is -0.115. The first-order chi connectivity index (χ1) is 14.6. The number of carbonyl (C=O) groups excluding carboxylic acids is 1. The Kier molecular flexibility index (Phi) is 5.47. The number of nitrogens with zero attached hydrogens (tertiary/aromatic N) is 4. The van der Waals surface area contributed by atoms with Crippen LogP contribution in [0.5, 0.6) is 0 Å². The fourth-order valence-corrected chi connectivity index (χ4v) is 2.92. The van der Waals surface area contributed by atoms with E-state index in [1.807, 2.05) is 0 Å². The van der Waals surface area contributed by atoms with E-state index in [0.717, 1.165) is 11.6 Å². The van der Waals surface area contributed by atoms with Crippen LogP contribution in [0.1, 0.15) is 5.56 Å². The molecule has 30 heavy (non-hydrogen) atoms. The third-order valence-corrected chi connectivity index (χ3v) is 4.33.